The van der Waals surface area contributed by atoms with E-state index < -0.39 is 5.97 Å². The summed E-state index contributed by atoms with van der Waals surface area (Å²) in [6.45, 7) is 2.47. The Bertz CT molecular complexity index is 513. The standard InChI is InChI=1S/C15H19ClO5/c1-10(6-7-19-2)21-15-11(4-5-14(17)18)8-12(16)9-13(15)20-3/h4-5,8-10H,6-7H2,1-3H3,(H,17,18)/b5-4+. The predicted octanol–water partition coefficient (Wildman–Crippen LogP) is 3.25. The van der Waals surface area contributed by atoms with Crippen LogP contribution in [0.4, 0.5) is 0 Å². The van der Waals surface area contributed by atoms with Crippen LogP contribution in [0.5, 0.6) is 11.5 Å². The molecule has 21 heavy (non-hydrogen) atoms. The van der Waals surface area contributed by atoms with Gasteiger partial charge in [-0.2, -0.15) is 0 Å². The summed E-state index contributed by atoms with van der Waals surface area (Å²) in [6, 6.07) is 3.25. The van der Waals surface area contributed by atoms with Gasteiger partial charge in [0.05, 0.1) is 13.2 Å². The van der Waals surface area contributed by atoms with Gasteiger partial charge in [0.1, 0.15) is 0 Å². The Hall–Kier alpha value is -1.72. The number of hydrogen-bond donors (Lipinski definition) is 1. The quantitative estimate of drug-likeness (QED) is 0.746. The van der Waals surface area contributed by atoms with Crippen molar-refractivity contribution in [2.24, 2.45) is 0 Å². The van der Waals surface area contributed by atoms with E-state index in [-0.39, 0.29) is 6.10 Å². The molecular weight excluding hydrogens is 296 g/mol. The van der Waals surface area contributed by atoms with Crippen molar-refractivity contribution in [1.82, 2.24) is 0 Å². The molecule has 0 bridgehead atoms. The first kappa shape index (κ1) is 17.3. The molecule has 1 N–H and O–H groups in total. The van der Waals surface area contributed by atoms with E-state index in [4.69, 9.17) is 30.9 Å². The normalized spacial score (nSPS) is 12.4. The number of ether oxygens (including phenoxy) is 3. The van der Waals surface area contributed by atoms with Crippen LogP contribution in [0.3, 0.4) is 0 Å². The highest BCUT2D eigenvalue weighted by Gasteiger charge is 2.14. The Kier molecular flexibility index (Phi) is 7.05. The third-order valence-electron chi connectivity index (χ3n) is 2.72. The number of hydrogen-bond acceptors (Lipinski definition) is 4. The van der Waals surface area contributed by atoms with E-state index in [1.165, 1.54) is 13.2 Å². The van der Waals surface area contributed by atoms with Crippen LogP contribution < -0.4 is 9.47 Å². The lowest BCUT2D eigenvalue weighted by molar-refractivity contribution is -0.131. The second-order valence-electron chi connectivity index (χ2n) is 4.41. The third kappa shape index (κ3) is 5.65. The number of carboxylic acids is 1. The molecule has 1 atom stereocenters. The molecule has 0 aromatic heterocycles. The Morgan fingerprint density at radius 2 is 2.14 bits per heavy atom. The van der Waals surface area contributed by atoms with Gasteiger partial charge in [-0.25, -0.2) is 4.79 Å². The van der Waals surface area contributed by atoms with E-state index in [9.17, 15) is 4.79 Å². The van der Waals surface area contributed by atoms with Gasteiger partial charge < -0.3 is 19.3 Å². The highest BCUT2D eigenvalue weighted by Crippen LogP contribution is 2.36. The van der Waals surface area contributed by atoms with Crippen molar-refractivity contribution in [2.45, 2.75) is 19.4 Å². The molecular formula is C15H19ClO5. The number of rotatable bonds is 8. The van der Waals surface area contributed by atoms with Crippen LogP contribution in [0.1, 0.15) is 18.9 Å². The highest BCUT2D eigenvalue weighted by atomic mass is 35.5. The van der Waals surface area contributed by atoms with Crippen molar-refractivity contribution in [3.05, 3.63) is 28.8 Å². The lowest BCUT2D eigenvalue weighted by Crippen LogP contribution is -2.15. The number of carbonyl (C=O) groups is 1. The van der Waals surface area contributed by atoms with Crippen molar-refractivity contribution in [2.75, 3.05) is 20.8 Å². The van der Waals surface area contributed by atoms with E-state index >= 15 is 0 Å². The highest BCUT2D eigenvalue weighted by molar-refractivity contribution is 6.31. The Morgan fingerprint density at radius 1 is 1.43 bits per heavy atom. The minimum absolute atomic E-state index is 0.114. The van der Waals surface area contributed by atoms with E-state index in [0.29, 0.717) is 35.1 Å². The average Bonchev–Trinajstić information content (AvgIpc) is 2.44. The fourth-order valence-electron chi connectivity index (χ4n) is 1.70. The largest absolute Gasteiger partial charge is 0.493 e. The molecule has 0 amide bonds. The summed E-state index contributed by atoms with van der Waals surface area (Å²) in [6.07, 6.45) is 3.04. The number of carboxylic acid groups (broad SMARTS) is 1. The van der Waals surface area contributed by atoms with Crippen LogP contribution in [0.15, 0.2) is 18.2 Å². The van der Waals surface area contributed by atoms with Crippen LogP contribution in [-0.2, 0) is 9.53 Å². The summed E-state index contributed by atoms with van der Waals surface area (Å²) in [7, 11) is 3.12. The zero-order valence-corrected chi connectivity index (χ0v) is 13.0. The van der Waals surface area contributed by atoms with E-state index in [1.54, 1.807) is 19.2 Å². The van der Waals surface area contributed by atoms with Crippen LogP contribution in [0.2, 0.25) is 5.02 Å². The van der Waals surface area contributed by atoms with Crippen molar-refractivity contribution < 1.29 is 24.1 Å². The van der Waals surface area contributed by atoms with Gasteiger partial charge in [0.25, 0.3) is 0 Å². The molecule has 0 saturated heterocycles. The van der Waals surface area contributed by atoms with Crippen molar-refractivity contribution >= 4 is 23.6 Å². The van der Waals surface area contributed by atoms with Crippen LogP contribution in [-0.4, -0.2) is 38.0 Å². The Morgan fingerprint density at radius 3 is 2.71 bits per heavy atom. The van der Waals surface area contributed by atoms with Gasteiger partial charge in [-0.15, -0.1) is 0 Å². The summed E-state index contributed by atoms with van der Waals surface area (Å²) < 4.78 is 16.1. The first-order valence-corrected chi connectivity index (χ1v) is 6.79. The third-order valence-corrected chi connectivity index (χ3v) is 2.94. The van der Waals surface area contributed by atoms with Gasteiger partial charge in [0.2, 0.25) is 0 Å². The van der Waals surface area contributed by atoms with Gasteiger partial charge in [0.15, 0.2) is 11.5 Å². The number of methoxy groups -OCH3 is 2. The summed E-state index contributed by atoms with van der Waals surface area (Å²) in [5, 5.41) is 9.19. The topological polar surface area (TPSA) is 65.0 Å². The summed E-state index contributed by atoms with van der Waals surface area (Å²) in [5.74, 6) is -0.132. The minimum Gasteiger partial charge on any atom is -0.493 e. The lowest BCUT2D eigenvalue weighted by Gasteiger charge is -2.19. The summed E-state index contributed by atoms with van der Waals surface area (Å²) >= 11 is 6.00. The molecule has 1 aromatic rings. The average molecular weight is 315 g/mol. The molecule has 0 spiro atoms. The van der Waals surface area contributed by atoms with Crippen LogP contribution in [0, 0.1) is 0 Å². The molecule has 0 fully saturated rings. The monoisotopic (exact) mass is 314 g/mol. The molecule has 5 nitrogen and oxygen atoms in total. The lowest BCUT2D eigenvalue weighted by atomic mass is 10.1. The molecule has 0 radical (unpaired) electrons. The Balaban J connectivity index is 3.10. The van der Waals surface area contributed by atoms with E-state index in [1.807, 2.05) is 6.92 Å². The fraction of sp³-hybridized carbons (Fsp3) is 0.400. The zero-order chi connectivity index (χ0) is 15.8. The SMILES string of the molecule is COCCC(C)Oc1c(/C=C/C(=O)O)cc(Cl)cc1OC. The summed E-state index contributed by atoms with van der Waals surface area (Å²) in [5.41, 5.74) is 0.547. The first-order chi connectivity index (χ1) is 9.97. The minimum atomic E-state index is -1.05. The maximum atomic E-state index is 10.7. The second kappa shape index (κ2) is 8.54. The van der Waals surface area contributed by atoms with Gasteiger partial charge in [0, 0.05) is 42.9 Å². The number of benzene rings is 1. The zero-order valence-electron chi connectivity index (χ0n) is 12.3. The van der Waals surface area contributed by atoms with Gasteiger partial charge in [-0.1, -0.05) is 11.6 Å². The number of aliphatic carboxylic acids is 1. The van der Waals surface area contributed by atoms with Gasteiger partial charge >= 0.3 is 5.97 Å². The molecule has 1 rings (SSSR count). The van der Waals surface area contributed by atoms with Crippen LogP contribution >= 0.6 is 11.6 Å². The van der Waals surface area contributed by atoms with E-state index in [2.05, 4.69) is 0 Å². The fourth-order valence-corrected chi connectivity index (χ4v) is 1.91. The second-order valence-corrected chi connectivity index (χ2v) is 4.84. The van der Waals surface area contributed by atoms with Crippen LogP contribution in [0.25, 0.3) is 6.08 Å². The maximum absolute atomic E-state index is 10.7. The predicted molar refractivity (Wildman–Crippen MR) is 81.3 cm³/mol. The molecule has 6 heteroatoms. The Labute approximate surface area is 129 Å². The molecule has 0 heterocycles. The van der Waals surface area contributed by atoms with Gasteiger partial charge in [-0.05, 0) is 19.1 Å². The molecule has 1 unspecified atom stereocenters. The molecule has 0 aliphatic carbocycles. The molecule has 0 aliphatic rings. The smallest absolute Gasteiger partial charge is 0.328 e. The van der Waals surface area contributed by atoms with Crippen molar-refractivity contribution in [3.63, 3.8) is 0 Å². The van der Waals surface area contributed by atoms with Gasteiger partial charge in [-0.3, -0.25) is 0 Å². The van der Waals surface area contributed by atoms with Crippen molar-refractivity contribution in [3.8, 4) is 11.5 Å². The molecule has 1 aromatic carbocycles. The molecule has 0 saturated carbocycles. The molecule has 0 aliphatic heterocycles. The van der Waals surface area contributed by atoms with Crippen molar-refractivity contribution in [1.29, 1.82) is 0 Å². The first-order valence-electron chi connectivity index (χ1n) is 6.42. The summed E-state index contributed by atoms with van der Waals surface area (Å²) in [4.78, 5) is 10.7. The maximum Gasteiger partial charge on any atom is 0.328 e. The molecule has 116 valence electrons. The van der Waals surface area contributed by atoms with E-state index in [0.717, 1.165) is 6.08 Å². The number of halogens is 1.